The molecule has 1 saturated heterocycles. The maximum Gasteiger partial charge on any atom is 0.191 e. The van der Waals surface area contributed by atoms with Gasteiger partial charge in [0.2, 0.25) is 0 Å². The first kappa shape index (κ1) is 18.6. The van der Waals surface area contributed by atoms with E-state index in [-0.39, 0.29) is 0 Å². The van der Waals surface area contributed by atoms with E-state index < -0.39 is 0 Å². The zero-order valence-electron chi connectivity index (χ0n) is 16.0. The Morgan fingerprint density at radius 3 is 2.81 bits per heavy atom. The van der Waals surface area contributed by atoms with Gasteiger partial charge in [-0.2, -0.15) is 0 Å². The third kappa shape index (κ3) is 4.94. The lowest BCUT2D eigenvalue weighted by Crippen LogP contribution is -2.43. The Hall–Kier alpha value is -2.15. The normalized spacial score (nSPS) is 16.9. The number of nitrogens with zero attached hydrogens (tertiary/aromatic N) is 5. The predicted octanol–water partition coefficient (Wildman–Crippen LogP) is 1.91. The van der Waals surface area contributed by atoms with Crippen molar-refractivity contribution in [2.24, 2.45) is 10.9 Å². The molecule has 1 fully saturated rings. The van der Waals surface area contributed by atoms with Gasteiger partial charge in [-0.05, 0) is 63.9 Å². The van der Waals surface area contributed by atoms with Crippen LogP contribution < -0.4 is 10.6 Å². The summed E-state index contributed by atoms with van der Waals surface area (Å²) >= 11 is 0. The number of piperidine rings is 1. The highest BCUT2D eigenvalue weighted by Crippen LogP contribution is 2.16. The molecule has 142 valence electrons. The average molecular weight is 358 g/mol. The number of aliphatic imine (C=N–C) groups is 1. The molecule has 0 radical (unpaired) electrons. The van der Waals surface area contributed by atoms with E-state index in [2.05, 4.69) is 39.6 Å². The van der Waals surface area contributed by atoms with E-state index in [1.54, 1.807) is 0 Å². The van der Waals surface area contributed by atoms with Gasteiger partial charge in [-0.1, -0.05) is 13.0 Å². The van der Waals surface area contributed by atoms with Gasteiger partial charge >= 0.3 is 0 Å². The number of likely N-dealkylation sites (tertiary alicyclic amines) is 1. The van der Waals surface area contributed by atoms with E-state index in [0.717, 1.165) is 36.4 Å². The highest BCUT2D eigenvalue weighted by Gasteiger charge is 2.18. The van der Waals surface area contributed by atoms with Gasteiger partial charge in [0.15, 0.2) is 17.4 Å². The molecule has 2 N–H and O–H groups in total. The van der Waals surface area contributed by atoms with Crippen molar-refractivity contribution >= 4 is 11.6 Å². The van der Waals surface area contributed by atoms with Crippen LogP contribution in [0.1, 0.15) is 38.9 Å². The van der Waals surface area contributed by atoms with E-state index in [4.69, 9.17) is 4.99 Å². The molecule has 0 spiro atoms. The molecule has 0 aromatic carbocycles. The first-order valence-electron chi connectivity index (χ1n) is 9.83. The fourth-order valence-corrected chi connectivity index (χ4v) is 3.46. The Balaban J connectivity index is 1.53. The molecule has 1 aliphatic rings. The molecule has 0 bridgehead atoms. The van der Waals surface area contributed by atoms with Gasteiger partial charge in [0.25, 0.3) is 0 Å². The van der Waals surface area contributed by atoms with Crippen molar-refractivity contribution in [3.8, 4) is 0 Å². The van der Waals surface area contributed by atoms with E-state index in [0.29, 0.717) is 6.54 Å². The summed E-state index contributed by atoms with van der Waals surface area (Å²) in [6, 6.07) is 5.90. The second-order valence-electron chi connectivity index (χ2n) is 6.91. The Morgan fingerprint density at radius 1 is 1.19 bits per heavy atom. The van der Waals surface area contributed by atoms with Crippen molar-refractivity contribution in [1.82, 2.24) is 30.1 Å². The van der Waals surface area contributed by atoms with E-state index in [1.165, 1.54) is 38.9 Å². The standard InChI is InChI=1S/C19H31N7/c1-3-10-25-12-8-16(9-13-25)14-21-19(20-4-2)22-15-18-24-23-17-7-5-6-11-26(17)18/h5-7,11,16H,3-4,8-10,12-15H2,1-2H3,(H2,20,21,22). The lowest BCUT2D eigenvalue weighted by molar-refractivity contribution is 0.185. The Bertz CT molecular complexity index is 701. The number of nitrogens with one attached hydrogen (secondary N) is 2. The molecule has 7 heteroatoms. The first-order chi connectivity index (χ1) is 12.8. The maximum absolute atomic E-state index is 4.70. The molecule has 0 amide bonds. The van der Waals surface area contributed by atoms with Gasteiger partial charge in [0.1, 0.15) is 6.54 Å². The van der Waals surface area contributed by atoms with E-state index >= 15 is 0 Å². The van der Waals surface area contributed by atoms with Crippen molar-refractivity contribution < 1.29 is 0 Å². The van der Waals surface area contributed by atoms with Crippen LogP contribution in [0.15, 0.2) is 29.4 Å². The highest BCUT2D eigenvalue weighted by molar-refractivity contribution is 5.79. The summed E-state index contributed by atoms with van der Waals surface area (Å²) in [7, 11) is 0. The van der Waals surface area contributed by atoms with E-state index in [9.17, 15) is 0 Å². The number of rotatable bonds is 7. The quantitative estimate of drug-likeness (QED) is 0.585. The van der Waals surface area contributed by atoms with Crippen LogP contribution in [-0.4, -0.2) is 58.2 Å². The Labute approximate surface area is 155 Å². The number of pyridine rings is 1. The minimum Gasteiger partial charge on any atom is -0.357 e. The lowest BCUT2D eigenvalue weighted by Gasteiger charge is -2.32. The molecule has 3 heterocycles. The summed E-state index contributed by atoms with van der Waals surface area (Å²) in [6.07, 6.45) is 5.75. The summed E-state index contributed by atoms with van der Waals surface area (Å²) in [6.45, 7) is 10.4. The number of hydrogen-bond acceptors (Lipinski definition) is 4. The molecule has 1 aliphatic heterocycles. The summed E-state index contributed by atoms with van der Waals surface area (Å²) in [4.78, 5) is 7.27. The molecule has 0 saturated carbocycles. The number of hydrogen-bond donors (Lipinski definition) is 2. The lowest BCUT2D eigenvalue weighted by atomic mass is 9.97. The Morgan fingerprint density at radius 2 is 2.04 bits per heavy atom. The molecule has 0 atom stereocenters. The summed E-state index contributed by atoms with van der Waals surface area (Å²) < 4.78 is 1.98. The monoisotopic (exact) mass is 357 g/mol. The van der Waals surface area contributed by atoms with Crippen LogP contribution in [0.4, 0.5) is 0 Å². The second-order valence-corrected chi connectivity index (χ2v) is 6.91. The minimum absolute atomic E-state index is 0.509. The largest absolute Gasteiger partial charge is 0.357 e. The zero-order valence-corrected chi connectivity index (χ0v) is 16.0. The van der Waals surface area contributed by atoms with Crippen LogP contribution in [0.5, 0.6) is 0 Å². The molecule has 0 unspecified atom stereocenters. The average Bonchev–Trinajstić information content (AvgIpc) is 3.09. The van der Waals surface area contributed by atoms with Crippen LogP contribution in [0.25, 0.3) is 5.65 Å². The van der Waals surface area contributed by atoms with Gasteiger partial charge in [-0.3, -0.25) is 4.40 Å². The third-order valence-corrected chi connectivity index (χ3v) is 4.91. The van der Waals surface area contributed by atoms with Gasteiger partial charge in [0.05, 0.1) is 0 Å². The van der Waals surface area contributed by atoms with Crippen molar-refractivity contribution in [3.63, 3.8) is 0 Å². The number of fused-ring (bicyclic) bond motifs is 1. The first-order valence-corrected chi connectivity index (χ1v) is 9.83. The second kappa shape index (κ2) is 9.52. The minimum atomic E-state index is 0.509. The van der Waals surface area contributed by atoms with Crippen molar-refractivity contribution in [3.05, 3.63) is 30.2 Å². The smallest absolute Gasteiger partial charge is 0.191 e. The fourth-order valence-electron chi connectivity index (χ4n) is 3.46. The molecule has 2 aromatic rings. The SMILES string of the molecule is CCCN1CCC(CNC(=NCc2nnc3ccccn23)NCC)CC1. The van der Waals surface area contributed by atoms with Crippen LogP contribution >= 0.6 is 0 Å². The molecule has 3 rings (SSSR count). The molecule has 2 aromatic heterocycles. The number of aromatic nitrogens is 3. The maximum atomic E-state index is 4.70. The fraction of sp³-hybridized carbons (Fsp3) is 0.632. The summed E-state index contributed by atoms with van der Waals surface area (Å²) in [5.74, 6) is 2.43. The molecule has 26 heavy (non-hydrogen) atoms. The van der Waals surface area contributed by atoms with Crippen LogP contribution in [0.2, 0.25) is 0 Å². The molecular formula is C19H31N7. The topological polar surface area (TPSA) is 69.8 Å². The van der Waals surface area contributed by atoms with Crippen molar-refractivity contribution in [1.29, 1.82) is 0 Å². The van der Waals surface area contributed by atoms with Gasteiger partial charge in [-0.25, -0.2) is 4.99 Å². The molecule has 7 nitrogen and oxygen atoms in total. The highest BCUT2D eigenvalue weighted by atomic mass is 15.3. The van der Waals surface area contributed by atoms with Crippen LogP contribution in [-0.2, 0) is 6.54 Å². The summed E-state index contributed by atoms with van der Waals surface area (Å²) in [5.41, 5.74) is 0.856. The molecule has 0 aliphatic carbocycles. The number of guanidine groups is 1. The van der Waals surface area contributed by atoms with E-state index in [1.807, 2.05) is 28.8 Å². The van der Waals surface area contributed by atoms with Gasteiger partial charge < -0.3 is 15.5 Å². The summed E-state index contributed by atoms with van der Waals surface area (Å²) in [5, 5.41) is 15.3. The van der Waals surface area contributed by atoms with Crippen LogP contribution in [0.3, 0.4) is 0 Å². The predicted molar refractivity (Wildman–Crippen MR) is 105 cm³/mol. The van der Waals surface area contributed by atoms with Crippen molar-refractivity contribution in [2.75, 3.05) is 32.7 Å². The van der Waals surface area contributed by atoms with Gasteiger partial charge in [0, 0.05) is 19.3 Å². The molecular weight excluding hydrogens is 326 g/mol. The van der Waals surface area contributed by atoms with Gasteiger partial charge in [-0.15, -0.1) is 10.2 Å². The van der Waals surface area contributed by atoms with Crippen molar-refractivity contribution in [2.45, 2.75) is 39.7 Å². The van der Waals surface area contributed by atoms with Crippen LogP contribution in [0, 0.1) is 5.92 Å². The third-order valence-electron chi connectivity index (χ3n) is 4.91. The Kier molecular flexibility index (Phi) is 6.82. The zero-order chi connectivity index (χ0) is 18.2.